The van der Waals surface area contributed by atoms with Gasteiger partial charge in [-0.25, -0.2) is 0 Å². The van der Waals surface area contributed by atoms with Crippen molar-refractivity contribution in [1.82, 2.24) is 0 Å². The monoisotopic (exact) mass is 359 g/mol. The summed E-state index contributed by atoms with van der Waals surface area (Å²) < 4.78 is 1.08. The first-order valence-corrected chi connectivity index (χ1v) is 9.53. The Labute approximate surface area is 140 Å². The van der Waals surface area contributed by atoms with Crippen LogP contribution in [0, 0.1) is 23.2 Å². The third kappa shape index (κ3) is 1.87. The van der Waals surface area contributed by atoms with Crippen molar-refractivity contribution in [2.24, 2.45) is 23.2 Å². The summed E-state index contributed by atoms with van der Waals surface area (Å²) in [4.78, 5) is 15.6. The fourth-order valence-corrected chi connectivity index (χ4v) is 6.57. The summed E-state index contributed by atoms with van der Waals surface area (Å²) in [6.07, 6.45) is 8.70. The van der Waals surface area contributed by atoms with Crippen molar-refractivity contribution < 1.29 is 4.79 Å². The number of nitrogens with zero attached hydrogens (tertiary/aromatic N) is 1. The number of fused-ring (bicyclic) bond motifs is 1. The van der Waals surface area contributed by atoms with E-state index >= 15 is 0 Å². The number of hydrogen-bond donors (Lipinski definition) is 0. The van der Waals surface area contributed by atoms with Gasteiger partial charge >= 0.3 is 0 Å². The van der Waals surface area contributed by atoms with Crippen LogP contribution in [0.1, 0.15) is 44.1 Å². The van der Waals surface area contributed by atoms with Crippen molar-refractivity contribution in [2.45, 2.75) is 44.9 Å². The van der Waals surface area contributed by atoms with E-state index in [1.807, 2.05) is 0 Å². The lowest BCUT2D eigenvalue weighted by Crippen LogP contribution is -2.54. The maximum absolute atomic E-state index is 13.5. The highest BCUT2D eigenvalue weighted by Crippen LogP contribution is 2.61. The molecule has 0 aromatic heterocycles. The molecule has 0 spiro atoms. The number of halogens is 1. The molecule has 4 aliphatic carbocycles. The number of carbonyl (C=O) groups is 1. The highest BCUT2D eigenvalue weighted by Gasteiger charge is 2.56. The minimum absolute atomic E-state index is 0.0152. The van der Waals surface area contributed by atoms with Gasteiger partial charge in [0, 0.05) is 16.7 Å². The molecule has 1 aliphatic heterocycles. The molecule has 4 bridgehead atoms. The van der Waals surface area contributed by atoms with Gasteiger partial charge < -0.3 is 4.90 Å². The molecule has 3 heteroatoms. The van der Waals surface area contributed by atoms with Crippen LogP contribution in [0.5, 0.6) is 0 Å². The molecule has 0 unspecified atom stereocenters. The van der Waals surface area contributed by atoms with E-state index in [4.69, 9.17) is 0 Å². The number of carbonyl (C=O) groups excluding carboxylic acids is 1. The van der Waals surface area contributed by atoms with Gasteiger partial charge in [-0.3, -0.25) is 4.79 Å². The topological polar surface area (TPSA) is 20.3 Å². The first-order chi connectivity index (χ1) is 10.6. The molecule has 22 heavy (non-hydrogen) atoms. The predicted octanol–water partition coefficient (Wildman–Crippen LogP) is 4.55. The van der Waals surface area contributed by atoms with E-state index in [-0.39, 0.29) is 5.41 Å². The average Bonchev–Trinajstić information content (AvgIpc) is 2.87. The molecule has 1 amide bonds. The molecule has 0 N–H and O–H groups in total. The van der Waals surface area contributed by atoms with Crippen molar-refractivity contribution in [3.63, 3.8) is 0 Å². The van der Waals surface area contributed by atoms with Crippen LogP contribution >= 0.6 is 15.9 Å². The second kappa shape index (κ2) is 4.59. The number of hydrogen-bond acceptors (Lipinski definition) is 1. The average molecular weight is 360 g/mol. The molecular weight excluding hydrogens is 338 g/mol. The summed E-state index contributed by atoms with van der Waals surface area (Å²) in [7, 11) is 0. The summed E-state index contributed by atoms with van der Waals surface area (Å²) in [5.74, 6) is 2.95. The smallest absolute Gasteiger partial charge is 0.233 e. The SMILES string of the molecule is O=C(N1CCc2ccc(Br)cc21)C12CC3CC(CC(C3)C1)C2. The van der Waals surface area contributed by atoms with Crippen LogP contribution in [-0.2, 0) is 11.2 Å². The van der Waals surface area contributed by atoms with E-state index in [2.05, 4.69) is 39.0 Å². The molecular formula is C19H22BrNO. The normalized spacial score (nSPS) is 38.4. The fraction of sp³-hybridized carbons (Fsp3) is 0.632. The van der Waals surface area contributed by atoms with Gasteiger partial charge in [0.2, 0.25) is 5.91 Å². The lowest BCUT2D eigenvalue weighted by atomic mass is 9.49. The highest BCUT2D eigenvalue weighted by molar-refractivity contribution is 9.10. The quantitative estimate of drug-likeness (QED) is 0.719. The third-order valence-corrected chi connectivity index (χ3v) is 7.17. The lowest BCUT2D eigenvalue weighted by molar-refractivity contribution is -0.143. The Bertz CT molecular complexity index is 618. The van der Waals surface area contributed by atoms with Crippen LogP contribution < -0.4 is 4.90 Å². The zero-order valence-electron chi connectivity index (χ0n) is 12.9. The van der Waals surface area contributed by atoms with Gasteiger partial charge in [-0.2, -0.15) is 0 Å². The van der Waals surface area contributed by atoms with Gasteiger partial charge in [0.15, 0.2) is 0 Å². The Hall–Kier alpha value is -0.830. The number of amides is 1. The number of anilines is 1. The minimum Gasteiger partial charge on any atom is -0.311 e. The first kappa shape index (κ1) is 13.6. The zero-order chi connectivity index (χ0) is 14.9. The second-order valence-electron chi connectivity index (χ2n) is 8.18. The summed E-state index contributed by atoms with van der Waals surface area (Å²) >= 11 is 3.57. The van der Waals surface area contributed by atoms with Crippen molar-refractivity contribution in [1.29, 1.82) is 0 Å². The zero-order valence-corrected chi connectivity index (χ0v) is 14.4. The molecule has 1 aromatic rings. The Morgan fingerprint density at radius 3 is 2.36 bits per heavy atom. The molecule has 116 valence electrons. The lowest BCUT2D eigenvalue weighted by Gasteiger charge is -2.56. The minimum atomic E-state index is -0.0152. The number of benzene rings is 1. The van der Waals surface area contributed by atoms with Crippen molar-refractivity contribution in [2.75, 3.05) is 11.4 Å². The largest absolute Gasteiger partial charge is 0.311 e. The third-order valence-electron chi connectivity index (χ3n) is 6.68. The van der Waals surface area contributed by atoms with Crippen LogP contribution in [0.2, 0.25) is 0 Å². The maximum atomic E-state index is 13.5. The van der Waals surface area contributed by atoms with Gasteiger partial charge in [0.1, 0.15) is 0 Å². The van der Waals surface area contributed by atoms with Crippen LogP contribution in [-0.4, -0.2) is 12.5 Å². The van der Waals surface area contributed by atoms with Crippen molar-refractivity contribution >= 4 is 27.5 Å². The molecule has 0 atom stereocenters. The van der Waals surface area contributed by atoms with E-state index in [0.717, 1.165) is 40.9 Å². The van der Waals surface area contributed by atoms with Crippen LogP contribution in [0.25, 0.3) is 0 Å². The van der Waals surface area contributed by atoms with E-state index in [0.29, 0.717) is 5.91 Å². The maximum Gasteiger partial charge on any atom is 0.233 e. The van der Waals surface area contributed by atoms with E-state index < -0.39 is 0 Å². The predicted molar refractivity (Wildman–Crippen MR) is 90.8 cm³/mol. The molecule has 2 nitrogen and oxygen atoms in total. The molecule has 6 rings (SSSR count). The van der Waals surface area contributed by atoms with Crippen LogP contribution in [0.15, 0.2) is 22.7 Å². The molecule has 0 saturated heterocycles. The molecule has 0 radical (unpaired) electrons. The Morgan fingerprint density at radius 2 is 1.73 bits per heavy atom. The van der Waals surface area contributed by atoms with Gasteiger partial charge in [-0.1, -0.05) is 22.0 Å². The number of rotatable bonds is 1. The van der Waals surface area contributed by atoms with Gasteiger partial charge in [-0.05, 0) is 80.4 Å². The van der Waals surface area contributed by atoms with Gasteiger partial charge in [0.05, 0.1) is 5.41 Å². The fourth-order valence-electron chi connectivity index (χ4n) is 6.22. The summed E-state index contributed by atoms with van der Waals surface area (Å²) in [5.41, 5.74) is 2.48. The Balaban J connectivity index is 1.50. The van der Waals surface area contributed by atoms with Crippen LogP contribution in [0.4, 0.5) is 5.69 Å². The van der Waals surface area contributed by atoms with Crippen molar-refractivity contribution in [3.8, 4) is 0 Å². The van der Waals surface area contributed by atoms with E-state index in [1.54, 1.807) is 0 Å². The second-order valence-corrected chi connectivity index (χ2v) is 9.09. The van der Waals surface area contributed by atoms with Crippen molar-refractivity contribution in [3.05, 3.63) is 28.2 Å². The highest BCUT2D eigenvalue weighted by atomic mass is 79.9. The first-order valence-electron chi connectivity index (χ1n) is 8.73. The molecule has 1 aromatic carbocycles. The molecule has 5 aliphatic rings. The summed E-state index contributed by atoms with van der Waals surface area (Å²) in [5, 5.41) is 0. The molecule has 4 fully saturated rings. The Morgan fingerprint density at radius 1 is 1.09 bits per heavy atom. The molecule has 4 saturated carbocycles. The summed E-state index contributed by atoms with van der Waals surface area (Å²) in [6, 6.07) is 6.41. The van der Waals surface area contributed by atoms with Crippen LogP contribution in [0.3, 0.4) is 0 Å². The standard InChI is InChI=1S/C19H22BrNO/c20-16-2-1-15-3-4-21(17(15)8-16)18(22)19-9-12-5-13(10-19)7-14(6-12)11-19/h1-2,8,12-14H,3-7,9-11H2. The Kier molecular flexibility index (Phi) is 2.84. The van der Waals surface area contributed by atoms with Gasteiger partial charge in [0.25, 0.3) is 0 Å². The summed E-state index contributed by atoms with van der Waals surface area (Å²) in [6.45, 7) is 0.881. The van der Waals surface area contributed by atoms with E-state index in [1.165, 1.54) is 44.1 Å². The van der Waals surface area contributed by atoms with E-state index in [9.17, 15) is 4.79 Å². The van der Waals surface area contributed by atoms with Gasteiger partial charge in [-0.15, -0.1) is 0 Å². The molecule has 1 heterocycles.